The predicted octanol–water partition coefficient (Wildman–Crippen LogP) is 0.953. The number of hydrogen-bond acceptors (Lipinski definition) is 7. The Balaban J connectivity index is 0.000000412. The van der Waals surface area contributed by atoms with Gasteiger partial charge in [0.1, 0.15) is 13.7 Å². The molecule has 7 nitrogen and oxygen atoms in total. The van der Waals surface area contributed by atoms with Crippen molar-refractivity contribution in [2.75, 3.05) is 36.8 Å². The summed E-state index contributed by atoms with van der Waals surface area (Å²) in [5.74, 6) is 3.80. The lowest BCUT2D eigenvalue weighted by Crippen LogP contribution is -2.47. The van der Waals surface area contributed by atoms with Crippen LogP contribution in [0.2, 0.25) is 19.6 Å². The van der Waals surface area contributed by atoms with Crippen LogP contribution in [-0.4, -0.2) is 56.3 Å². The van der Waals surface area contributed by atoms with Gasteiger partial charge in [-0.15, -0.1) is 6.42 Å². The Kier molecular flexibility index (Phi) is 7.60. The molecule has 0 unspecified atom stereocenters. The summed E-state index contributed by atoms with van der Waals surface area (Å²) >= 11 is 0. The standard InChI is InChI=1S/C13H21N5Si.C5H10O2/c1-5-10-16-12(18-8-6-15-7-9-18)11(14)13(17-10)19(2,3)4;1-5(2,3)7-4-6/h1,15H,6-9,14H2,2-4H3;4H,1-3H3. The Bertz CT molecular complexity index is 653. The van der Waals surface area contributed by atoms with Crippen LogP contribution >= 0.6 is 0 Å². The maximum atomic E-state index is 9.60. The Hall–Kier alpha value is -2.11. The fourth-order valence-electron chi connectivity index (χ4n) is 2.36. The van der Waals surface area contributed by atoms with E-state index in [4.69, 9.17) is 12.2 Å². The van der Waals surface area contributed by atoms with Gasteiger partial charge in [0.15, 0.2) is 5.82 Å². The van der Waals surface area contributed by atoms with Crippen molar-refractivity contribution >= 4 is 31.4 Å². The minimum absolute atomic E-state index is 0.318. The number of nitrogens with one attached hydrogen (secondary N) is 1. The number of ether oxygens (including phenoxy) is 1. The molecule has 0 aromatic carbocycles. The first kappa shape index (κ1) is 21.9. The van der Waals surface area contributed by atoms with Gasteiger partial charge in [-0.25, -0.2) is 9.97 Å². The molecule has 0 aliphatic carbocycles. The smallest absolute Gasteiger partial charge is 0.293 e. The van der Waals surface area contributed by atoms with Gasteiger partial charge in [0.05, 0.1) is 11.0 Å². The highest BCUT2D eigenvalue weighted by atomic mass is 28.3. The van der Waals surface area contributed by atoms with E-state index in [9.17, 15) is 4.79 Å². The molecule has 0 bridgehead atoms. The average molecular weight is 378 g/mol. The topological polar surface area (TPSA) is 93.4 Å². The van der Waals surface area contributed by atoms with Gasteiger partial charge >= 0.3 is 0 Å². The summed E-state index contributed by atoms with van der Waals surface area (Å²) < 4.78 is 4.55. The molecule has 0 amide bonds. The molecule has 1 aromatic rings. The van der Waals surface area contributed by atoms with E-state index in [0.29, 0.717) is 18.0 Å². The van der Waals surface area contributed by atoms with Gasteiger partial charge in [-0.3, -0.25) is 4.79 Å². The van der Waals surface area contributed by atoms with E-state index < -0.39 is 8.07 Å². The monoisotopic (exact) mass is 377 g/mol. The SMILES string of the molecule is C#Cc1nc(N2CCNCC2)c(N)c([Si](C)(C)C)n1.CC(C)(C)OC=O. The molecule has 0 saturated carbocycles. The van der Waals surface area contributed by atoms with E-state index in [1.165, 1.54) is 0 Å². The van der Waals surface area contributed by atoms with Gasteiger partial charge in [0.25, 0.3) is 6.47 Å². The fourth-order valence-corrected chi connectivity index (χ4v) is 3.72. The second kappa shape index (κ2) is 9.01. The highest BCUT2D eigenvalue weighted by Crippen LogP contribution is 2.21. The van der Waals surface area contributed by atoms with E-state index in [-0.39, 0.29) is 5.60 Å². The molecule has 1 saturated heterocycles. The molecule has 0 radical (unpaired) electrons. The lowest BCUT2D eigenvalue weighted by molar-refractivity contribution is -0.138. The van der Waals surface area contributed by atoms with Crippen LogP contribution in [0.3, 0.4) is 0 Å². The Morgan fingerprint density at radius 2 is 1.85 bits per heavy atom. The van der Waals surface area contributed by atoms with Gasteiger partial charge in [0, 0.05) is 26.2 Å². The third kappa shape index (κ3) is 6.65. The fraction of sp³-hybridized carbons (Fsp3) is 0.611. The number of carbonyl (C=O) groups is 1. The second-order valence-corrected chi connectivity index (χ2v) is 13.1. The molecule has 1 aliphatic heterocycles. The average Bonchev–Trinajstić information content (AvgIpc) is 2.54. The number of carbonyl (C=O) groups excluding carboxylic acids is 1. The zero-order valence-electron chi connectivity index (χ0n) is 16.7. The van der Waals surface area contributed by atoms with Crippen LogP contribution in [0.5, 0.6) is 0 Å². The second-order valence-electron chi connectivity index (χ2n) is 8.09. The first-order chi connectivity index (χ1) is 12.0. The number of nitrogens with zero attached hydrogens (tertiary/aromatic N) is 3. The lowest BCUT2D eigenvalue weighted by Gasteiger charge is -2.31. The molecule has 8 heteroatoms. The molecule has 26 heavy (non-hydrogen) atoms. The Labute approximate surface area is 157 Å². The van der Waals surface area contributed by atoms with Crippen LogP contribution in [0.15, 0.2) is 0 Å². The third-order valence-corrected chi connectivity index (χ3v) is 5.39. The van der Waals surface area contributed by atoms with Gasteiger partial charge in [-0.1, -0.05) is 19.6 Å². The summed E-state index contributed by atoms with van der Waals surface area (Å²) in [5.41, 5.74) is 6.69. The van der Waals surface area contributed by atoms with Crippen molar-refractivity contribution in [2.45, 2.75) is 46.0 Å². The summed E-state index contributed by atoms with van der Waals surface area (Å²) in [6.07, 6.45) is 5.48. The molecule has 144 valence electrons. The zero-order valence-corrected chi connectivity index (χ0v) is 17.7. The number of nitrogens with two attached hydrogens (primary N) is 1. The first-order valence-electron chi connectivity index (χ1n) is 8.71. The van der Waals surface area contributed by atoms with Crippen molar-refractivity contribution < 1.29 is 9.53 Å². The predicted molar refractivity (Wildman–Crippen MR) is 109 cm³/mol. The molecule has 3 N–H and O–H groups in total. The molecule has 0 spiro atoms. The molecular weight excluding hydrogens is 346 g/mol. The van der Waals surface area contributed by atoms with Gasteiger partial charge < -0.3 is 20.7 Å². The van der Waals surface area contributed by atoms with Crippen LogP contribution in [0.1, 0.15) is 26.6 Å². The van der Waals surface area contributed by atoms with E-state index in [0.717, 1.165) is 37.3 Å². The van der Waals surface area contributed by atoms with Crippen molar-refractivity contribution in [1.29, 1.82) is 0 Å². The van der Waals surface area contributed by atoms with Crippen molar-refractivity contribution in [3.05, 3.63) is 5.82 Å². The molecule has 1 fully saturated rings. The van der Waals surface area contributed by atoms with Crippen LogP contribution in [0.4, 0.5) is 11.5 Å². The molecular formula is C18H31N5O2Si. The van der Waals surface area contributed by atoms with E-state index in [1.54, 1.807) is 0 Å². The third-order valence-electron chi connectivity index (χ3n) is 3.58. The number of hydrogen-bond donors (Lipinski definition) is 2. The van der Waals surface area contributed by atoms with Crippen LogP contribution in [-0.2, 0) is 9.53 Å². The summed E-state index contributed by atoms with van der Waals surface area (Å²) in [5, 5.41) is 4.28. The van der Waals surface area contributed by atoms with Crippen LogP contribution in [0, 0.1) is 12.3 Å². The van der Waals surface area contributed by atoms with Crippen molar-refractivity contribution in [3.8, 4) is 12.3 Å². The van der Waals surface area contributed by atoms with Crippen molar-refractivity contribution in [2.24, 2.45) is 0 Å². The zero-order chi connectivity index (χ0) is 20.0. The van der Waals surface area contributed by atoms with Gasteiger partial charge in [-0.2, -0.15) is 0 Å². The molecule has 1 aliphatic rings. The summed E-state index contributed by atoms with van der Waals surface area (Å²) in [6, 6.07) is 0. The van der Waals surface area contributed by atoms with E-state index in [1.807, 2.05) is 20.8 Å². The molecule has 2 rings (SSSR count). The van der Waals surface area contributed by atoms with Gasteiger partial charge in [0.2, 0.25) is 5.82 Å². The molecule has 0 atom stereocenters. The number of piperazine rings is 1. The van der Waals surface area contributed by atoms with E-state index in [2.05, 4.69) is 50.5 Å². The van der Waals surface area contributed by atoms with Crippen LogP contribution < -0.4 is 21.3 Å². The minimum Gasteiger partial charge on any atom is -0.462 e. The highest BCUT2D eigenvalue weighted by Gasteiger charge is 2.27. The molecule has 2 heterocycles. The number of anilines is 2. The Morgan fingerprint density at radius 3 is 2.23 bits per heavy atom. The minimum atomic E-state index is -1.63. The summed E-state index contributed by atoms with van der Waals surface area (Å²) in [4.78, 5) is 20.7. The Morgan fingerprint density at radius 1 is 1.27 bits per heavy atom. The summed E-state index contributed by atoms with van der Waals surface area (Å²) in [6.45, 7) is 16.2. The highest BCUT2D eigenvalue weighted by molar-refractivity contribution is 6.89. The van der Waals surface area contributed by atoms with Gasteiger partial charge in [-0.05, 0) is 26.7 Å². The summed E-state index contributed by atoms with van der Waals surface area (Å²) in [7, 11) is -1.63. The first-order valence-corrected chi connectivity index (χ1v) is 12.2. The lowest BCUT2D eigenvalue weighted by atomic mass is 10.2. The van der Waals surface area contributed by atoms with Crippen molar-refractivity contribution in [3.63, 3.8) is 0 Å². The normalized spacial score (nSPS) is 14.7. The number of nitrogen functional groups attached to an aromatic ring is 1. The number of terminal acetylenes is 1. The molecule has 1 aromatic heterocycles. The van der Waals surface area contributed by atoms with Crippen LogP contribution in [0.25, 0.3) is 0 Å². The maximum absolute atomic E-state index is 9.60. The maximum Gasteiger partial charge on any atom is 0.293 e. The number of rotatable bonds is 3. The largest absolute Gasteiger partial charge is 0.462 e. The van der Waals surface area contributed by atoms with Crippen molar-refractivity contribution in [1.82, 2.24) is 15.3 Å². The number of aromatic nitrogens is 2. The van der Waals surface area contributed by atoms with E-state index >= 15 is 0 Å². The quantitative estimate of drug-likeness (QED) is 0.460.